The number of pyridine rings is 1. The number of hydrogen-bond donors (Lipinski definition) is 2. The first-order valence-corrected chi connectivity index (χ1v) is 8.96. The van der Waals surface area contributed by atoms with E-state index >= 15 is 0 Å². The number of rotatable bonds is 6. The highest BCUT2D eigenvalue weighted by molar-refractivity contribution is 9.10. The van der Waals surface area contributed by atoms with E-state index in [1.807, 2.05) is 0 Å². The summed E-state index contributed by atoms with van der Waals surface area (Å²) in [6.07, 6.45) is -9.74. The lowest BCUT2D eigenvalue weighted by molar-refractivity contribution is -0.143. The van der Waals surface area contributed by atoms with Crippen LogP contribution in [-0.2, 0) is 34.8 Å². The summed E-state index contributed by atoms with van der Waals surface area (Å²) in [4.78, 5) is 27.5. The van der Waals surface area contributed by atoms with Crippen molar-refractivity contribution in [2.75, 3.05) is 0 Å². The minimum Gasteiger partial charge on any atom is -0.480 e. The Morgan fingerprint density at radius 3 is 2.10 bits per heavy atom. The van der Waals surface area contributed by atoms with Gasteiger partial charge in [-0.3, -0.25) is 4.79 Å². The van der Waals surface area contributed by atoms with Gasteiger partial charge in [-0.2, -0.15) is 26.3 Å². The van der Waals surface area contributed by atoms with Crippen LogP contribution < -0.4 is 5.32 Å². The summed E-state index contributed by atoms with van der Waals surface area (Å²) >= 11 is 3.12. The Kier molecular flexibility index (Phi) is 7.11. The number of carboxylic acid groups (broad SMARTS) is 1. The van der Waals surface area contributed by atoms with Gasteiger partial charge in [-0.15, -0.1) is 0 Å². The zero-order valence-corrected chi connectivity index (χ0v) is 16.4. The van der Waals surface area contributed by atoms with E-state index in [1.54, 1.807) is 6.07 Å². The molecular weight excluding hydrogens is 486 g/mol. The van der Waals surface area contributed by atoms with Gasteiger partial charge in [0, 0.05) is 12.6 Å². The molecule has 1 amide bonds. The molecule has 1 atom stereocenters. The second-order valence-electron chi connectivity index (χ2n) is 6.21. The Balaban J connectivity index is 2.23. The molecule has 12 heteroatoms. The predicted molar refractivity (Wildman–Crippen MR) is 95.4 cm³/mol. The lowest BCUT2D eigenvalue weighted by Gasteiger charge is -2.17. The fraction of sp³-hybridized carbons (Fsp3) is 0.278. The van der Waals surface area contributed by atoms with Gasteiger partial charge in [-0.1, -0.05) is 6.07 Å². The van der Waals surface area contributed by atoms with Crippen LogP contribution in [0.15, 0.2) is 41.1 Å². The molecular formula is C18H13BrF6N2O3. The molecule has 0 fully saturated rings. The Hall–Kier alpha value is -2.63. The molecule has 1 aromatic carbocycles. The van der Waals surface area contributed by atoms with E-state index < -0.39 is 53.4 Å². The number of carbonyl (C=O) groups is 2. The number of aliphatic carboxylic acids is 1. The average Bonchev–Trinajstić information content (AvgIpc) is 2.61. The highest BCUT2D eigenvalue weighted by Crippen LogP contribution is 2.36. The Bertz CT molecular complexity index is 914. The molecule has 0 saturated heterocycles. The molecule has 0 aliphatic carbocycles. The van der Waals surface area contributed by atoms with Crippen LogP contribution in [0, 0.1) is 0 Å². The number of nitrogens with zero attached hydrogens (tertiary/aromatic N) is 1. The Morgan fingerprint density at radius 1 is 1.07 bits per heavy atom. The molecule has 30 heavy (non-hydrogen) atoms. The third-order valence-corrected chi connectivity index (χ3v) is 4.62. The third kappa shape index (κ3) is 6.44. The quantitative estimate of drug-likeness (QED) is 0.461. The first kappa shape index (κ1) is 23.6. The topological polar surface area (TPSA) is 79.3 Å². The van der Waals surface area contributed by atoms with Gasteiger partial charge in [0.25, 0.3) is 0 Å². The fourth-order valence-electron chi connectivity index (χ4n) is 2.54. The number of carbonyl (C=O) groups excluding carboxylic acids is 1. The minimum atomic E-state index is -5.05. The smallest absolute Gasteiger partial charge is 0.416 e. The maximum atomic E-state index is 12.9. The van der Waals surface area contributed by atoms with Gasteiger partial charge in [0.2, 0.25) is 5.91 Å². The van der Waals surface area contributed by atoms with Crippen LogP contribution in [0.5, 0.6) is 0 Å². The molecule has 0 spiro atoms. The summed E-state index contributed by atoms with van der Waals surface area (Å²) in [6, 6.07) is 2.39. The predicted octanol–water partition coefficient (Wildman–Crippen LogP) is 4.24. The van der Waals surface area contributed by atoms with E-state index in [0.717, 1.165) is 0 Å². The molecule has 162 valence electrons. The van der Waals surface area contributed by atoms with Gasteiger partial charge < -0.3 is 10.4 Å². The van der Waals surface area contributed by atoms with E-state index in [2.05, 4.69) is 26.2 Å². The first-order chi connectivity index (χ1) is 13.8. The van der Waals surface area contributed by atoms with Crippen molar-refractivity contribution < 1.29 is 41.0 Å². The molecule has 2 aromatic rings. The van der Waals surface area contributed by atoms with Gasteiger partial charge >= 0.3 is 18.3 Å². The van der Waals surface area contributed by atoms with Crippen molar-refractivity contribution in [1.82, 2.24) is 10.3 Å². The summed E-state index contributed by atoms with van der Waals surface area (Å²) in [5.74, 6) is -2.48. The molecule has 0 aliphatic rings. The lowest BCUT2D eigenvalue weighted by Crippen LogP contribution is -2.43. The van der Waals surface area contributed by atoms with Crippen molar-refractivity contribution in [3.05, 3.63) is 63.4 Å². The number of amides is 1. The number of benzene rings is 1. The molecule has 0 aliphatic heterocycles. The summed E-state index contributed by atoms with van der Waals surface area (Å²) < 4.78 is 77.8. The van der Waals surface area contributed by atoms with Crippen LogP contribution in [0.1, 0.15) is 22.3 Å². The molecule has 1 heterocycles. The Labute approximate surface area is 174 Å². The Morgan fingerprint density at radius 2 is 1.63 bits per heavy atom. The zero-order chi connectivity index (χ0) is 22.7. The fourth-order valence-corrected chi connectivity index (χ4v) is 2.96. The number of hydrogen-bond acceptors (Lipinski definition) is 3. The molecule has 2 rings (SSSR count). The molecule has 2 N–H and O–H groups in total. The molecule has 0 unspecified atom stereocenters. The van der Waals surface area contributed by atoms with Gasteiger partial charge in [0.05, 0.1) is 17.5 Å². The summed E-state index contributed by atoms with van der Waals surface area (Å²) in [5.41, 5.74) is -3.24. The molecule has 1 aromatic heterocycles. The van der Waals surface area contributed by atoms with Gasteiger partial charge in [0.1, 0.15) is 10.6 Å². The number of alkyl halides is 6. The molecule has 5 nitrogen and oxygen atoms in total. The van der Waals surface area contributed by atoms with Crippen LogP contribution in [0.25, 0.3) is 0 Å². The van der Waals surface area contributed by atoms with E-state index in [1.165, 1.54) is 12.3 Å². The van der Waals surface area contributed by atoms with Crippen LogP contribution in [0.4, 0.5) is 26.3 Å². The molecule has 0 bridgehead atoms. The van der Waals surface area contributed by atoms with Crippen LogP contribution >= 0.6 is 15.9 Å². The van der Waals surface area contributed by atoms with Crippen LogP contribution in [0.2, 0.25) is 0 Å². The summed E-state index contributed by atoms with van der Waals surface area (Å²) in [6.45, 7) is 0. The largest absolute Gasteiger partial charge is 0.480 e. The van der Waals surface area contributed by atoms with Gasteiger partial charge in [-0.25, -0.2) is 9.78 Å². The van der Waals surface area contributed by atoms with Crippen molar-refractivity contribution in [3.63, 3.8) is 0 Å². The van der Waals surface area contributed by atoms with Crippen molar-refractivity contribution in [2.24, 2.45) is 0 Å². The lowest BCUT2D eigenvalue weighted by atomic mass is 10.0. The molecule has 0 radical (unpaired) electrons. The van der Waals surface area contributed by atoms with Crippen molar-refractivity contribution in [2.45, 2.75) is 31.2 Å². The van der Waals surface area contributed by atoms with Crippen LogP contribution in [0.3, 0.4) is 0 Å². The number of carboxylic acids is 1. The number of nitrogens with one attached hydrogen (secondary N) is 1. The second-order valence-corrected chi connectivity index (χ2v) is 6.96. The normalized spacial score (nSPS) is 13.0. The standard InChI is InChI=1S/C18H13BrF6N2O3/c19-15-10(2-1-3-26-15)7-13(16(29)30)27-14(28)6-9-4-11(17(20,21)22)8-12(5-9)18(23,24)25/h1-5,8,13H,6-7H2,(H,27,28)(H,29,30)/t13-/m0/s1. The van der Waals surface area contributed by atoms with E-state index in [0.29, 0.717) is 22.3 Å². The monoisotopic (exact) mass is 498 g/mol. The van der Waals surface area contributed by atoms with Crippen LogP contribution in [-0.4, -0.2) is 28.0 Å². The van der Waals surface area contributed by atoms with Crippen molar-refractivity contribution in [1.29, 1.82) is 0 Å². The highest BCUT2D eigenvalue weighted by atomic mass is 79.9. The second kappa shape index (κ2) is 9.02. The maximum absolute atomic E-state index is 12.9. The number of halogens is 7. The minimum absolute atomic E-state index is 0.0542. The van der Waals surface area contributed by atoms with E-state index in [9.17, 15) is 41.0 Å². The molecule has 0 saturated carbocycles. The summed E-state index contributed by atoms with van der Waals surface area (Å²) in [5, 5.41) is 11.4. The van der Waals surface area contributed by atoms with Crippen molar-refractivity contribution >= 4 is 27.8 Å². The average molecular weight is 499 g/mol. The number of aromatic nitrogens is 1. The zero-order valence-electron chi connectivity index (χ0n) is 14.8. The summed E-state index contributed by atoms with van der Waals surface area (Å²) in [7, 11) is 0. The third-order valence-electron chi connectivity index (χ3n) is 3.91. The van der Waals surface area contributed by atoms with Gasteiger partial charge in [0.15, 0.2) is 0 Å². The maximum Gasteiger partial charge on any atom is 0.416 e. The van der Waals surface area contributed by atoms with E-state index in [4.69, 9.17) is 0 Å². The van der Waals surface area contributed by atoms with Crippen molar-refractivity contribution in [3.8, 4) is 0 Å². The van der Waals surface area contributed by atoms with Gasteiger partial charge in [-0.05, 0) is 51.3 Å². The highest BCUT2D eigenvalue weighted by Gasteiger charge is 2.37. The van der Waals surface area contributed by atoms with E-state index in [-0.39, 0.29) is 12.5 Å². The first-order valence-electron chi connectivity index (χ1n) is 8.17. The SMILES string of the molecule is O=C(Cc1cc(C(F)(F)F)cc(C(F)(F)F)c1)N[C@@H](Cc1cccnc1Br)C(=O)O.